The molecule has 0 amide bonds. The van der Waals surface area contributed by atoms with Gasteiger partial charge in [0.1, 0.15) is 0 Å². The highest BCUT2D eigenvalue weighted by Crippen LogP contribution is 2.35. The number of benzene rings is 2. The molecule has 0 aromatic heterocycles. The van der Waals surface area contributed by atoms with Crippen molar-refractivity contribution in [1.29, 1.82) is 0 Å². The molecule has 0 radical (unpaired) electrons. The summed E-state index contributed by atoms with van der Waals surface area (Å²) in [6, 6.07) is 15.9. The van der Waals surface area contributed by atoms with Crippen molar-refractivity contribution in [3.63, 3.8) is 0 Å². The van der Waals surface area contributed by atoms with E-state index in [1.165, 1.54) is 18.4 Å². The predicted molar refractivity (Wildman–Crippen MR) is 78.1 cm³/mol. The van der Waals surface area contributed by atoms with Gasteiger partial charge in [0.25, 0.3) is 0 Å². The lowest BCUT2D eigenvalue weighted by molar-refractivity contribution is 0.426. The zero-order valence-corrected chi connectivity index (χ0v) is 10.8. The fourth-order valence-electron chi connectivity index (χ4n) is 2.45. The van der Waals surface area contributed by atoms with E-state index >= 15 is 0 Å². The third kappa shape index (κ3) is 2.88. The van der Waals surface area contributed by atoms with Crippen LogP contribution >= 0.6 is 0 Å². The van der Waals surface area contributed by atoms with Crippen LogP contribution in [0.5, 0.6) is 0 Å². The summed E-state index contributed by atoms with van der Waals surface area (Å²) in [7, 11) is -1.41. The van der Waals surface area contributed by atoms with Gasteiger partial charge in [0.2, 0.25) is 0 Å². The summed E-state index contributed by atoms with van der Waals surface area (Å²) in [5, 5.41) is 18.7. The smallest absolute Gasteiger partial charge is 0.423 e. The fraction of sp³-hybridized carbons (Fsp3) is 0.250. The normalized spacial score (nSPS) is 14.4. The Labute approximate surface area is 113 Å². The molecule has 3 rings (SSSR count). The number of rotatable bonds is 4. The molecule has 1 saturated carbocycles. The lowest BCUT2D eigenvalue weighted by atomic mass is 9.77. The summed E-state index contributed by atoms with van der Waals surface area (Å²) < 4.78 is 0. The summed E-state index contributed by atoms with van der Waals surface area (Å²) in [5.74, 6) is 0.812. The van der Waals surface area contributed by atoms with Gasteiger partial charge in [0.05, 0.1) is 0 Å². The third-order valence-electron chi connectivity index (χ3n) is 3.72. The summed E-state index contributed by atoms with van der Waals surface area (Å²) >= 11 is 0. The second kappa shape index (κ2) is 5.20. The highest BCUT2D eigenvalue weighted by Gasteiger charge is 2.23. The first-order chi connectivity index (χ1) is 9.24. The van der Waals surface area contributed by atoms with Gasteiger partial charge in [-0.1, -0.05) is 48.5 Å². The lowest BCUT2D eigenvalue weighted by Crippen LogP contribution is -2.29. The van der Waals surface area contributed by atoms with Crippen molar-refractivity contribution >= 4 is 12.6 Å². The van der Waals surface area contributed by atoms with E-state index in [2.05, 4.69) is 12.1 Å². The van der Waals surface area contributed by atoms with E-state index in [9.17, 15) is 10.0 Å². The van der Waals surface area contributed by atoms with E-state index in [1.54, 1.807) is 0 Å². The van der Waals surface area contributed by atoms with Crippen molar-refractivity contribution in [2.75, 3.05) is 0 Å². The minimum absolute atomic E-state index is 0.554. The van der Waals surface area contributed by atoms with E-state index in [4.69, 9.17) is 0 Å². The number of hydrogen-bond donors (Lipinski definition) is 2. The van der Waals surface area contributed by atoms with Crippen LogP contribution in [0.1, 0.15) is 18.4 Å². The fourth-order valence-corrected chi connectivity index (χ4v) is 2.45. The molecule has 2 aromatic carbocycles. The Morgan fingerprint density at radius 3 is 2.37 bits per heavy atom. The van der Waals surface area contributed by atoms with Crippen LogP contribution in [-0.2, 0) is 6.42 Å². The van der Waals surface area contributed by atoms with Gasteiger partial charge in [-0.25, -0.2) is 0 Å². The van der Waals surface area contributed by atoms with Gasteiger partial charge in [0, 0.05) is 0 Å². The van der Waals surface area contributed by atoms with Crippen LogP contribution in [0.25, 0.3) is 11.1 Å². The van der Waals surface area contributed by atoms with Crippen molar-refractivity contribution in [2.24, 2.45) is 5.92 Å². The van der Waals surface area contributed by atoms with Crippen molar-refractivity contribution in [3.05, 3.63) is 54.1 Å². The van der Waals surface area contributed by atoms with E-state index < -0.39 is 7.12 Å². The number of hydrogen-bond acceptors (Lipinski definition) is 2. The maximum Gasteiger partial charge on any atom is 0.488 e. The second-order valence-electron chi connectivity index (χ2n) is 5.30. The molecule has 1 aliphatic rings. The van der Waals surface area contributed by atoms with E-state index in [0.717, 1.165) is 23.5 Å². The Hall–Kier alpha value is -1.58. The van der Waals surface area contributed by atoms with E-state index in [-0.39, 0.29) is 0 Å². The molecule has 0 heterocycles. The van der Waals surface area contributed by atoms with Gasteiger partial charge >= 0.3 is 7.12 Å². The van der Waals surface area contributed by atoms with Gasteiger partial charge in [0.15, 0.2) is 0 Å². The predicted octanol–water partition coefficient (Wildman–Crippen LogP) is 1.99. The lowest BCUT2D eigenvalue weighted by Gasteiger charge is -2.12. The van der Waals surface area contributed by atoms with Gasteiger partial charge in [-0.05, 0) is 47.3 Å². The van der Waals surface area contributed by atoms with Gasteiger partial charge in [-0.3, -0.25) is 0 Å². The zero-order valence-electron chi connectivity index (χ0n) is 10.8. The molecule has 0 spiro atoms. The summed E-state index contributed by atoms with van der Waals surface area (Å²) in [4.78, 5) is 0. The monoisotopic (exact) mass is 252 g/mol. The maximum absolute atomic E-state index is 9.34. The summed E-state index contributed by atoms with van der Waals surface area (Å²) in [6.07, 6.45) is 3.73. The van der Waals surface area contributed by atoms with Crippen LogP contribution in [0.2, 0.25) is 0 Å². The highest BCUT2D eigenvalue weighted by atomic mass is 16.4. The van der Waals surface area contributed by atoms with Crippen molar-refractivity contribution < 1.29 is 10.0 Å². The second-order valence-corrected chi connectivity index (χ2v) is 5.30. The molecule has 0 atom stereocenters. The molecule has 3 heteroatoms. The maximum atomic E-state index is 9.34. The molecule has 1 aliphatic carbocycles. The van der Waals surface area contributed by atoms with Gasteiger partial charge in [-0.2, -0.15) is 0 Å². The Bertz CT molecular complexity index is 562. The molecule has 2 N–H and O–H groups in total. The Morgan fingerprint density at radius 2 is 1.74 bits per heavy atom. The summed E-state index contributed by atoms with van der Waals surface area (Å²) in [6.45, 7) is 0. The van der Waals surface area contributed by atoms with Crippen LogP contribution < -0.4 is 5.46 Å². The topological polar surface area (TPSA) is 40.5 Å². The molecule has 2 nitrogen and oxygen atoms in total. The molecular formula is C16H17BO2. The van der Waals surface area contributed by atoms with Crippen LogP contribution in [0.3, 0.4) is 0 Å². The molecular weight excluding hydrogens is 235 g/mol. The molecule has 2 aromatic rings. The van der Waals surface area contributed by atoms with Crippen LogP contribution in [0.4, 0.5) is 0 Å². The van der Waals surface area contributed by atoms with E-state index in [0.29, 0.717) is 5.46 Å². The first kappa shape index (κ1) is 12.5. The average molecular weight is 252 g/mol. The first-order valence-corrected chi connectivity index (χ1v) is 6.78. The molecule has 0 bridgehead atoms. The van der Waals surface area contributed by atoms with Gasteiger partial charge < -0.3 is 10.0 Å². The molecule has 0 aliphatic heterocycles. The Morgan fingerprint density at radius 1 is 1.00 bits per heavy atom. The quantitative estimate of drug-likeness (QED) is 0.817. The van der Waals surface area contributed by atoms with Crippen molar-refractivity contribution in [1.82, 2.24) is 0 Å². The van der Waals surface area contributed by atoms with E-state index in [1.807, 2.05) is 36.4 Å². The first-order valence-electron chi connectivity index (χ1n) is 6.78. The van der Waals surface area contributed by atoms with Crippen molar-refractivity contribution in [2.45, 2.75) is 19.3 Å². The molecule has 0 saturated heterocycles. The Kier molecular flexibility index (Phi) is 3.41. The molecule has 0 unspecified atom stereocenters. The van der Waals surface area contributed by atoms with Gasteiger partial charge in [-0.15, -0.1) is 0 Å². The minimum atomic E-state index is -1.41. The zero-order chi connectivity index (χ0) is 13.2. The summed E-state index contributed by atoms with van der Waals surface area (Å²) in [5.41, 5.74) is 4.12. The molecule has 1 fully saturated rings. The van der Waals surface area contributed by atoms with Crippen LogP contribution in [0, 0.1) is 5.92 Å². The van der Waals surface area contributed by atoms with Crippen molar-refractivity contribution in [3.8, 4) is 11.1 Å². The molecule has 19 heavy (non-hydrogen) atoms. The SMILES string of the molecule is OB(O)c1ccc(CC2CC2)c(-c2ccccc2)c1. The largest absolute Gasteiger partial charge is 0.488 e. The highest BCUT2D eigenvalue weighted by molar-refractivity contribution is 6.58. The average Bonchev–Trinajstić information content (AvgIpc) is 3.24. The molecule has 96 valence electrons. The van der Waals surface area contributed by atoms with Crippen LogP contribution in [0.15, 0.2) is 48.5 Å². The Balaban J connectivity index is 2.03. The third-order valence-corrected chi connectivity index (χ3v) is 3.72. The minimum Gasteiger partial charge on any atom is -0.423 e. The van der Waals surface area contributed by atoms with Crippen LogP contribution in [-0.4, -0.2) is 17.2 Å². The standard InChI is InChI=1S/C16H17BO2/c18-17(19)15-9-8-14(10-12-6-7-12)16(11-15)13-4-2-1-3-5-13/h1-5,8-9,11-12,18-19H,6-7,10H2.